The molecule has 19 heavy (non-hydrogen) atoms. The molecule has 0 atom stereocenters. The lowest BCUT2D eigenvalue weighted by molar-refractivity contribution is 0.723. The molecule has 5 heteroatoms. The standard InChI is InChI=1S/C14H17N3OS/c1-3-15-9-11-4-5-12(8-10(11)2)19-14-16-7-6-13(18)17-14/h4-8,15H,3,9H2,1-2H3,(H,16,17,18). The molecule has 0 amide bonds. The van der Waals surface area contributed by atoms with E-state index < -0.39 is 0 Å². The fourth-order valence-corrected chi connectivity index (χ4v) is 2.57. The second kappa shape index (κ2) is 6.54. The molecular weight excluding hydrogens is 258 g/mol. The van der Waals surface area contributed by atoms with Gasteiger partial charge in [-0.2, -0.15) is 0 Å². The summed E-state index contributed by atoms with van der Waals surface area (Å²) in [5.41, 5.74) is 2.41. The third-order valence-corrected chi connectivity index (χ3v) is 3.63. The van der Waals surface area contributed by atoms with Gasteiger partial charge in [0.05, 0.1) is 0 Å². The molecule has 1 aromatic carbocycles. The quantitative estimate of drug-likeness (QED) is 0.822. The van der Waals surface area contributed by atoms with Crippen LogP contribution in [0.15, 0.2) is 45.3 Å². The zero-order valence-corrected chi connectivity index (χ0v) is 11.9. The maximum atomic E-state index is 11.2. The van der Waals surface area contributed by atoms with Gasteiger partial charge in [0, 0.05) is 23.7 Å². The predicted molar refractivity (Wildman–Crippen MR) is 77.5 cm³/mol. The van der Waals surface area contributed by atoms with E-state index in [4.69, 9.17) is 0 Å². The number of aryl methyl sites for hydroxylation is 1. The summed E-state index contributed by atoms with van der Waals surface area (Å²) in [6, 6.07) is 7.69. The zero-order chi connectivity index (χ0) is 13.7. The van der Waals surface area contributed by atoms with Gasteiger partial charge < -0.3 is 10.3 Å². The summed E-state index contributed by atoms with van der Waals surface area (Å²) < 4.78 is 0. The van der Waals surface area contributed by atoms with E-state index in [9.17, 15) is 4.79 Å². The van der Waals surface area contributed by atoms with E-state index in [0.717, 1.165) is 18.0 Å². The number of hydrogen-bond acceptors (Lipinski definition) is 4. The second-order valence-corrected chi connectivity index (χ2v) is 5.27. The topological polar surface area (TPSA) is 57.8 Å². The maximum absolute atomic E-state index is 11.2. The SMILES string of the molecule is CCNCc1ccc(Sc2nccc(=O)[nH]2)cc1C. The monoisotopic (exact) mass is 275 g/mol. The minimum absolute atomic E-state index is 0.127. The Bertz CT molecular complexity index is 610. The van der Waals surface area contributed by atoms with Crippen LogP contribution in [0.25, 0.3) is 0 Å². The Hall–Kier alpha value is -1.59. The van der Waals surface area contributed by atoms with Crippen molar-refractivity contribution in [1.29, 1.82) is 0 Å². The fourth-order valence-electron chi connectivity index (χ4n) is 1.71. The van der Waals surface area contributed by atoms with Crippen molar-refractivity contribution in [3.63, 3.8) is 0 Å². The minimum atomic E-state index is -0.127. The molecule has 1 aromatic heterocycles. The number of nitrogens with one attached hydrogen (secondary N) is 2. The molecule has 0 fully saturated rings. The molecule has 0 bridgehead atoms. The van der Waals surface area contributed by atoms with E-state index in [2.05, 4.69) is 47.3 Å². The summed E-state index contributed by atoms with van der Waals surface area (Å²) in [4.78, 5) is 19.1. The van der Waals surface area contributed by atoms with Gasteiger partial charge in [-0.3, -0.25) is 4.79 Å². The third kappa shape index (κ3) is 3.94. The molecule has 2 N–H and O–H groups in total. The largest absolute Gasteiger partial charge is 0.313 e. The van der Waals surface area contributed by atoms with E-state index >= 15 is 0 Å². The summed E-state index contributed by atoms with van der Waals surface area (Å²) in [6.07, 6.45) is 1.52. The molecule has 0 spiro atoms. The van der Waals surface area contributed by atoms with Crippen LogP contribution in [0.2, 0.25) is 0 Å². The molecule has 0 aliphatic carbocycles. The Morgan fingerprint density at radius 2 is 2.21 bits per heavy atom. The van der Waals surface area contributed by atoms with Crippen molar-refractivity contribution in [2.24, 2.45) is 0 Å². The van der Waals surface area contributed by atoms with Crippen LogP contribution >= 0.6 is 11.8 Å². The van der Waals surface area contributed by atoms with Gasteiger partial charge in [-0.05, 0) is 36.7 Å². The van der Waals surface area contributed by atoms with E-state index in [0.29, 0.717) is 5.16 Å². The highest BCUT2D eigenvalue weighted by atomic mass is 32.2. The highest BCUT2D eigenvalue weighted by Crippen LogP contribution is 2.25. The minimum Gasteiger partial charge on any atom is -0.313 e. The number of hydrogen-bond donors (Lipinski definition) is 2. The summed E-state index contributed by atoms with van der Waals surface area (Å²) in [5.74, 6) is 0. The van der Waals surface area contributed by atoms with Crippen LogP contribution < -0.4 is 10.9 Å². The zero-order valence-electron chi connectivity index (χ0n) is 11.1. The smallest absolute Gasteiger partial charge is 0.251 e. The Labute approximate surface area is 116 Å². The Morgan fingerprint density at radius 3 is 2.89 bits per heavy atom. The molecule has 0 saturated carbocycles. The van der Waals surface area contributed by atoms with Gasteiger partial charge in [-0.15, -0.1) is 0 Å². The second-order valence-electron chi connectivity index (χ2n) is 4.21. The first-order chi connectivity index (χ1) is 9.19. The maximum Gasteiger partial charge on any atom is 0.251 e. The number of nitrogens with zero attached hydrogens (tertiary/aromatic N) is 1. The highest BCUT2D eigenvalue weighted by Gasteiger charge is 2.03. The van der Waals surface area contributed by atoms with Gasteiger partial charge in [0.1, 0.15) is 0 Å². The number of aromatic amines is 1. The van der Waals surface area contributed by atoms with Gasteiger partial charge in [0.15, 0.2) is 5.16 Å². The first kappa shape index (κ1) is 13.8. The van der Waals surface area contributed by atoms with E-state index in [-0.39, 0.29) is 5.56 Å². The van der Waals surface area contributed by atoms with Crippen LogP contribution in [0.1, 0.15) is 18.1 Å². The lowest BCUT2D eigenvalue weighted by Crippen LogP contribution is -2.12. The molecule has 2 rings (SSSR count). The van der Waals surface area contributed by atoms with Gasteiger partial charge in [0.25, 0.3) is 5.56 Å². The average molecular weight is 275 g/mol. The molecule has 0 aliphatic heterocycles. The third-order valence-electron chi connectivity index (χ3n) is 2.74. The number of aromatic nitrogens is 2. The van der Waals surface area contributed by atoms with Gasteiger partial charge >= 0.3 is 0 Å². The van der Waals surface area contributed by atoms with Crippen molar-refractivity contribution in [2.75, 3.05) is 6.54 Å². The van der Waals surface area contributed by atoms with Gasteiger partial charge in [0.2, 0.25) is 0 Å². The molecule has 0 radical (unpaired) electrons. The molecule has 0 aliphatic rings. The van der Waals surface area contributed by atoms with Crippen LogP contribution in [0.3, 0.4) is 0 Å². The molecule has 2 aromatic rings. The van der Waals surface area contributed by atoms with Crippen molar-refractivity contribution in [3.8, 4) is 0 Å². The van der Waals surface area contributed by atoms with Crippen molar-refractivity contribution < 1.29 is 0 Å². The van der Waals surface area contributed by atoms with Crippen molar-refractivity contribution in [3.05, 3.63) is 51.9 Å². The first-order valence-corrected chi connectivity index (χ1v) is 7.04. The average Bonchev–Trinajstić information content (AvgIpc) is 2.38. The molecule has 1 heterocycles. The summed E-state index contributed by atoms with van der Waals surface area (Å²) in [5, 5.41) is 3.93. The van der Waals surface area contributed by atoms with Crippen LogP contribution in [0, 0.1) is 6.92 Å². The van der Waals surface area contributed by atoms with E-state index in [1.807, 2.05) is 0 Å². The Balaban J connectivity index is 2.13. The number of benzene rings is 1. The van der Waals surface area contributed by atoms with E-state index in [1.165, 1.54) is 35.2 Å². The number of H-pyrrole nitrogens is 1. The Morgan fingerprint density at radius 1 is 1.37 bits per heavy atom. The van der Waals surface area contributed by atoms with Crippen molar-refractivity contribution in [2.45, 2.75) is 30.4 Å². The lowest BCUT2D eigenvalue weighted by Gasteiger charge is -2.08. The lowest BCUT2D eigenvalue weighted by atomic mass is 10.1. The van der Waals surface area contributed by atoms with Crippen LogP contribution in [0.4, 0.5) is 0 Å². The van der Waals surface area contributed by atoms with Gasteiger partial charge in [-0.1, -0.05) is 24.8 Å². The molecule has 0 unspecified atom stereocenters. The predicted octanol–water partition coefficient (Wildman–Crippen LogP) is 2.34. The summed E-state index contributed by atoms with van der Waals surface area (Å²) >= 11 is 1.46. The molecule has 4 nitrogen and oxygen atoms in total. The van der Waals surface area contributed by atoms with Crippen molar-refractivity contribution in [1.82, 2.24) is 15.3 Å². The number of rotatable bonds is 5. The first-order valence-electron chi connectivity index (χ1n) is 6.22. The van der Waals surface area contributed by atoms with Crippen LogP contribution in [0.5, 0.6) is 0 Å². The normalized spacial score (nSPS) is 10.6. The van der Waals surface area contributed by atoms with Crippen molar-refractivity contribution >= 4 is 11.8 Å². The van der Waals surface area contributed by atoms with Crippen LogP contribution in [-0.4, -0.2) is 16.5 Å². The van der Waals surface area contributed by atoms with E-state index in [1.54, 1.807) is 0 Å². The highest BCUT2D eigenvalue weighted by molar-refractivity contribution is 7.99. The van der Waals surface area contributed by atoms with Crippen LogP contribution in [-0.2, 0) is 6.54 Å². The molecular formula is C14H17N3OS. The summed E-state index contributed by atoms with van der Waals surface area (Å²) in [7, 11) is 0. The van der Waals surface area contributed by atoms with Gasteiger partial charge in [-0.25, -0.2) is 4.98 Å². The summed E-state index contributed by atoms with van der Waals surface area (Å²) in [6.45, 7) is 6.04. The molecule has 0 saturated heterocycles. The molecule has 100 valence electrons. The fraction of sp³-hybridized carbons (Fsp3) is 0.286. The Kier molecular flexibility index (Phi) is 4.76.